The van der Waals surface area contributed by atoms with Crippen LogP contribution in [0.1, 0.15) is 57.0 Å². The topological polar surface area (TPSA) is 192 Å². The Bertz CT molecular complexity index is 2180. The zero-order valence-electron chi connectivity index (χ0n) is 29.5. The molecule has 0 aliphatic rings. The summed E-state index contributed by atoms with van der Waals surface area (Å²) in [5, 5.41) is 32.5. The van der Waals surface area contributed by atoms with Gasteiger partial charge in [0, 0.05) is 34.3 Å². The molecule has 53 heavy (non-hydrogen) atoms. The van der Waals surface area contributed by atoms with E-state index in [1.54, 1.807) is 20.0 Å². The van der Waals surface area contributed by atoms with Gasteiger partial charge in [0.05, 0.1) is 36.0 Å². The summed E-state index contributed by atoms with van der Waals surface area (Å²) >= 11 is 0. The second kappa shape index (κ2) is 18.1. The summed E-state index contributed by atoms with van der Waals surface area (Å²) in [4.78, 5) is 35.6. The Morgan fingerprint density at radius 1 is 0.755 bits per heavy atom. The first-order chi connectivity index (χ1) is 24.6. The number of aryl methyl sites for hydroxylation is 6. The molecule has 0 aliphatic carbocycles. The van der Waals surface area contributed by atoms with Crippen molar-refractivity contribution in [2.24, 2.45) is 0 Å². The first kappa shape index (κ1) is 40.9. The first-order valence-electron chi connectivity index (χ1n) is 15.7. The Balaban J connectivity index is 0.000000255. The molecule has 0 atom stereocenters. The van der Waals surface area contributed by atoms with E-state index in [9.17, 15) is 18.7 Å². The van der Waals surface area contributed by atoms with Crippen molar-refractivity contribution < 1.29 is 23.6 Å². The number of benzene rings is 2. The molecule has 0 saturated heterocycles. The molecule has 0 radical (unpaired) electrons. The van der Waals surface area contributed by atoms with E-state index in [1.165, 1.54) is 15.6 Å². The van der Waals surface area contributed by atoms with Gasteiger partial charge in [-0.2, -0.15) is 20.2 Å². The molecule has 0 fully saturated rings. The highest BCUT2D eigenvalue weighted by atomic mass is 19.1. The third kappa shape index (κ3) is 11.3. The maximum atomic E-state index is 14.1. The Morgan fingerprint density at radius 3 is 1.51 bits per heavy atom. The molecule has 6 rings (SSSR count). The van der Waals surface area contributed by atoms with Crippen LogP contribution in [0.25, 0.3) is 11.6 Å². The van der Waals surface area contributed by atoms with Gasteiger partial charge < -0.3 is 15.7 Å². The maximum absolute atomic E-state index is 14.1. The van der Waals surface area contributed by atoms with Crippen LogP contribution >= 0.6 is 0 Å². The van der Waals surface area contributed by atoms with Gasteiger partial charge >= 0.3 is 0 Å². The standard InChI is InChI=1S/C17H18FN5O.C17H16FN5O.CH3NO2.CH4/c2*1-10-4-11(2)6-14(5-10)20-17-19-7-15(18)16(21-17)23-8-13(9-24)12(3)22-23;1-2(3)4;/h4-8,24H,9H2,1-3H3,(H,19,20,21);4-9H,1-3H3,(H,19,20,21);1H3;1H4. The highest BCUT2D eigenvalue weighted by molar-refractivity contribution is 5.76. The van der Waals surface area contributed by atoms with E-state index in [4.69, 9.17) is 10.1 Å². The van der Waals surface area contributed by atoms with E-state index in [0.29, 0.717) is 28.8 Å². The van der Waals surface area contributed by atoms with Crippen LogP contribution < -0.4 is 10.6 Å². The summed E-state index contributed by atoms with van der Waals surface area (Å²) in [7, 11) is 0.889. The Hall–Kier alpha value is -6.49. The van der Waals surface area contributed by atoms with Crippen LogP contribution in [0.15, 0.2) is 61.2 Å². The van der Waals surface area contributed by atoms with Crippen LogP contribution in [0.2, 0.25) is 0 Å². The van der Waals surface area contributed by atoms with E-state index in [-0.39, 0.29) is 37.6 Å². The average molecular weight is 730 g/mol. The molecule has 278 valence electrons. The Labute approximate surface area is 305 Å². The zero-order valence-corrected chi connectivity index (χ0v) is 29.5. The second-order valence-electron chi connectivity index (χ2n) is 11.7. The highest BCUT2D eigenvalue weighted by Gasteiger charge is 2.15. The van der Waals surface area contributed by atoms with Gasteiger partial charge in [-0.3, -0.25) is 14.9 Å². The summed E-state index contributed by atoms with van der Waals surface area (Å²) in [5.41, 5.74) is 8.19. The number of carbonyl (C=O) groups excluding carboxylic acids is 1. The fourth-order valence-electron chi connectivity index (χ4n) is 4.97. The molecular formula is C36H41F2N11O4. The number of aldehydes is 1. The van der Waals surface area contributed by atoms with Gasteiger partial charge in [-0.1, -0.05) is 19.6 Å². The van der Waals surface area contributed by atoms with Crippen LogP contribution in [0.4, 0.5) is 32.1 Å². The molecule has 2 aromatic carbocycles. The largest absolute Gasteiger partial charge is 0.392 e. The van der Waals surface area contributed by atoms with Crippen LogP contribution in [-0.4, -0.2) is 62.9 Å². The lowest BCUT2D eigenvalue weighted by Gasteiger charge is -2.09. The van der Waals surface area contributed by atoms with Crippen molar-refractivity contribution in [2.75, 3.05) is 17.7 Å². The van der Waals surface area contributed by atoms with Crippen molar-refractivity contribution in [3.8, 4) is 11.6 Å². The number of nitrogens with zero attached hydrogens (tertiary/aromatic N) is 9. The normalized spacial score (nSPS) is 10.2. The molecule has 6 aromatic rings. The minimum absolute atomic E-state index is 0. The lowest BCUT2D eigenvalue weighted by atomic mass is 10.1. The van der Waals surface area contributed by atoms with Gasteiger partial charge in [-0.25, -0.2) is 28.1 Å². The van der Waals surface area contributed by atoms with Crippen LogP contribution in [0.5, 0.6) is 0 Å². The van der Waals surface area contributed by atoms with Gasteiger partial charge in [0.1, 0.15) is 0 Å². The molecule has 15 nitrogen and oxygen atoms in total. The lowest BCUT2D eigenvalue weighted by molar-refractivity contribution is -0.445. The molecule has 3 N–H and O–H groups in total. The third-order valence-corrected chi connectivity index (χ3v) is 7.08. The van der Waals surface area contributed by atoms with E-state index >= 15 is 0 Å². The van der Waals surface area contributed by atoms with E-state index in [0.717, 1.165) is 53.1 Å². The predicted molar refractivity (Wildman–Crippen MR) is 197 cm³/mol. The fourth-order valence-corrected chi connectivity index (χ4v) is 4.97. The molecule has 4 aromatic heterocycles. The van der Waals surface area contributed by atoms with Gasteiger partial charge in [0.15, 0.2) is 36.6 Å². The number of carbonyl (C=O) groups is 1. The number of nitrogens with one attached hydrogen (secondary N) is 2. The molecule has 0 bridgehead atoms. The van der Waals surface area contributed by atoms with Gasteiger partial charge in [-0.05, 0) is 88.1 Å². The van der Waals surface area contributed by atoms with Crippen molar-refractivity contribution in [1.29, 1.82) is 0 Å². The van der Waals surface area contributed by atoms with E-state index in [2.05, 4.69) is 52.9 Å². The summed E-state index contributed by atoms with van der Waals surface area (Å²) < 4.78 is 30.7. The molecular weight excluding hydrogens is 688 g/mol. The minimum Gasteiger partial charge on any atom is -0.392 e. The van der Waals surface area contributed by atoms with Crippen LogP contribution in [0, 0.1) is 63.3 Å². The first-order valence-corrected chi connectivity index (χ1v) is 15.7. The second-order valence-corrected chi connectivity index (χ2v) is 11.7. The van der Waals surface area contributed by atoms with Crippen molar-refractivity contribution in [2.45, 2.75) is 55.6 Å². The third-order valence-electron chi connectivity index (χ3n) is 7.08. The summed E-state index contributed by atoms with van der Waals surface area (Å²) in [6.07, 6.45) is 5.84. The molecule has 0 aliphatic heterocycles. The average Bonchev–Trinajstić information content (AvgIpc) is 3.63. The van der Waals surface area contributed by atoms with Crippen molar-refractivity contribution in [3.63, 3.8) is 0 Å². The number of halogens is 2. The number of hydrogen-bond acceptors (Lipinski definition) is 12. The van der Waals surface area contributed by atoms with Crippen molar-refractivity contribution in [3.05, 3.63) is 128 Å². The van der Waals surface area contributed by atoms with Crippen molar-refractivity contribution in [1.82, 2.24) is 39.5 Å². The smallest absolute Gasteiger partial charge is 0.229 e. The quantitative estimate of drug-likeness (QED) is 0.0847. The monoisotopic (exact) mass is 729 g/mol. The minimum atomic E-state index is -0.624. The fraction of sp³-hybridized carbons (Fsp3) is 0.250. The van der Waals surface area contributed by atoms with Crippen LogP contribution in [-0.2, 0) is 6.61 Å². The number of hydrogen-bond donors (Lipinski definition) is 3. The molecule has 0 saturated carbocycles. The molecule has 0 amide bonds. The summed E-state index contributed by atoms with van der Waals surface area (Å²) in [6, 6.07) is 11.9. The molecule has 0 unspecified atom stereocenters. The number of nitro groups is 1. The van der Waals surface area contributed by atoms with E-state index in [1.807, 2.05) is 52.0 Å². The Morgan fingerprint density at radius 2 is 1.15 bits per heavy atom. The predicted octanol–water partition coefficient (Wildman–Crippen LogP) is 6.77. The number of aromatic nitrogens is 8. The highest BCUT2D eigenvalue weighted by Crippen LogP contribution is 2.21. The number of rotatable bonds is 8. The summed E-state index contributed by atoms with van der Waals surface area (Å²) in [5.74, 6) is -0.686. The maximum Gasteiger partial charge on any atom is 0.229 e. The van der Waals surface area contributed by atoms with Gasteiger partial charge in [0.25, 0.3) is 0 Å². The molecule has 17 heteroatoms. The zero-order chi connectivity index (χ0) is 38.1. The number of anilines is 4. The SMILES string of the molecule is C.C[N+](=O)[O-].Cc1cc(C)cc(Nc2ncc(F)c(-n3cc(C=O)c(C)n3)n2)c1.Cc1cc(C)cc(Nc2ncc(F)c(-n3cc(CO)c(C)n3)n2)c1. The molecule has 4 heterocycles. The van der Waals surface area contributed by atoms with Crippen molar-refractivity contribution >= 4 is 29.6 Å². The Kier molecular flexibility index (Phi) is 14.0. The van der Waals surface area contributed by atoms with E-state index < -0.39 is 16.6 Å². The van der Waals surface area contributed by atoms with Gasteiger partial charge in [0.2, 0.25) is 11.9 Å². The lowest BCUT2D eigenvalue weighted by Crippen LogP contribution is -2.06. The summed E-state index contributed by atoms with van der Waals surface area (Å²) in [6.45, 7) is 11.2. The van der Waals surface area contributed by atoms with Crippen LogP contribution in [0.3, 0.4) is 0 Å². The van der Waals surface area contributed by atoms with Gasteiger partial charge in [-0.15, -0.1) is 0 Å². The number of aliphatic hydroxyl groups is 1. The number of aliphatic hydroxyl groups excluding tert-OH is 1. The molecule has 0 spiro atoms.